The zero-order valence-electron chi connectivity index (χ0n) is 16.1. The lowest BCUT2D eigenvalue weighted by Gasteiger charge is -2.15. The summed E-state index contributed by atoms with van der Waals surface area (Å²) in [7, 11) is 0. The predicted molar refractivity (Wildman–Crippen MR) is 104 cm³/mol. The molecule has 4 rings (SSSR count). The fourth-order valence-electron chi connectivity index (χ4n) is 3.24. The highest BCUT2D eigenvalue weighted by atomic mass is 35.5. The van der Waals surface area contributed by atoms with E-state index in [1.54, 1.807) is 28.9 Å². The van der Waals surface area contributed by atoms with Gasteiger partial charge in [0.05, 0.1) is 11.4 Å². The maximum atomic E-state index is 12.9. The molecule has 1 aliphatic rings. The standard InChI is InChI=1S/C19H18ClF3N6O/c1-10(28-9-15(19(21,22)23)24-11(28)2)18(30)25-17-16(12-3-4-12)29(27-26-17)14-7-5-13(20)6-8-14/h5-10,12H,3-4H2,1-2H3,(H,25,30)/t10-/m0/s1. The number of amides is 1. The Kier molecular flexibility index (Phi) is 5.05. The van der Waals surface area contributed by atoms with E-state index in [2.05, 4.69) is 20.6 Å². The summed E-state index contributed by atoms with van der Waals surface area (Å²) in [6.07, 6.45) is -1.86. The van der Waals surface area contributed by atoms with Crippen LogP contribution in [-0.4, -0.2) is 30.5 Å². The lowest BCUT2D eigenvalue weighted by Crippen LogP contribution is -2.25. The largest absolute Gasteiger partial charge is 0.434 e. The minimum absolute atomic E-state index is 0.0946. The molecule has 1 amide bonds. The van der Waals surface area contributed by atoms with E-state index >= 15 is 0 Å². The van der Waals surface area contributed by atoms with Gasteiger partial charge in [0.25, 0.3) is 0 Å². The lowest BCUT2D eigenvalue weighted by molar-refractivity contribution is -0.141. The molecule has 1 saturated carbocycles. The van der Waals surface area contributed by atoms with Gasteiger partial charge >= 0.3 is 6.18 Å². The van der Waals surface area contributed by atoms with Crippen molar-refractivity contribution in [2.45, 2.75) is 44.8 Å². The molecule has 1 fully saturated rings. The Morgan fingerprint density at radius 3 is 2.50 bits per heavy atom. The molecule has 1 N–H and O–H groups in total. The van der Waals surface area contributed by atoms with Crippen LogP contribution in [-0.2, 0) is 11.0 Å². The molecule has 1 aliphatic carbocycles. The number of rotatable bonds is 5. The summed E-state index contributed by atoms with van der Waals surface area (Å²) in [4.78, 5) is 16.3. The van der Waals surface area contributed by atoms with Gasteiger partial charge in [0.2, 0.25) is 5.91 Å². The molecule has 2 heterocycles. The highest BCUT2D eigenvalue weighted by molar-refractivity contribution is 6.30. The SMILES string of the molecule is Cc1nc(C(F)(F)F)cn1[C@@H](C)C(=O)Nc1nnn(-c2ccc(Cl)cc2)c1C1CC1. The number of anilines is 1. The molecule has 7 nitrogen and oxygen atoms in total. The smallest absolute Gasteiger partial charge is 0.322 e. The quantitative estimate of drug-likeness (QED) is 0.635. The van der Waals surface area contributed by atoms with E-state index in [9.17, 15) is 18.0 Å². The number of halogens is 4. The first-order chi connectivity index (χ1) is 14.1. The third-order valence-electron chi connectivity index (χ3n) is 4.99. The van der Waals surface area contributed by atoms with Crippen LogP contribution in [0.1, 0.15) is 48.9 Å². The molecular weight excluding hydrogens is 421 g/mol. The maximum absolute atomic E-state index is 12.9. The van der Waals surface area contributed by atoms with Gasteiger partial charge in [-0.2, -0.15) is 13.2 Å². The van der Waals surface area contributed by atoms with Crippen LogP contribution >= 0.6 is 11.6 Å². The van der Waals surface area contributed by atoms with Crippen molar-refractivity contribution in [2.24, 2.45) is 0 Å². The number of carbonyl (C=O) groups excluding carboxylic acids is 1. The van der Waals surface area contributed by atoms with Crippen LogP contribution in [0.2, 0.25) is 5.02 Å². The van der Waals surface area contributed by atoms with E-state index in [-0.39, 0.29) is 11.7 Å². The van der Waals surface area contributed by atoms with Crippen LogP contribution in [0.25, 0.3) is 5.69 Å². The Hall–Kier alpha value is -2.88. The molecule has 0 radical (unpaired) electrons. The molecule has 0 saturated heterocycles. The molecule has 30 heavy (non-hydrogen) atoms. The predicted octanol–water partition coefficient (Wildman–Crippen LogP) is 4.52. The number of alkyl halides is 3. The molecule has 0 aliphatic heterocycles. The molecule has 1 atom stereocenters. The van der Waals surface area contributed by atoms with Crippen molar-refractivity contribution in [2.75, 3.05) is 5.32 Å². The van der Waals surface area contributed by atoms with Crippen LogP contribution in [0, 0.1) is 6.92 Å². The topological polar surface area (TPSA) is 77.6 Å². The fourth-order valence-corrected chi connectivity index (χ4v) is 3.36. The fraction of sp³-hybridized carbons (Fsp3) is 0.368. The number of aryl methyl sites for hydroxylation is 1. The molecule has 3 aromatic rings. The van der Waals surface area contributed by atoms with Crippen molar-refractivity contribution in [3.8, 4) is 5.69 Å². The first-order valence-corrected chi connectivity index (χ1v) is 9.68. The molecule has 0 spiro atoms. The zero-order valence-corrected chi connectivity index (χ0v) is 16.9. The molecule has 2 aromatic heterocycles. The minimum atomic E-state index is -4.58. The Labute approximate surface area is 174 Å². The van der Waals surface area contributed by atoms with Crippen molar-refractivity contribution >= 4 is 23.3 Å². The number of imidazole rings is 1. The van der Waals surface area contributed by atoms with E-state index in [4.69, 9.17) is 11.6 Å². The summed E-state index contributed by atoms with van der Waals surface area (Å²) in [6.45, 7) is 2.93. The third-order valence-corrected chi connectivity index (χ3v) is 5.24. The maximum Gasteiger partial charge on any atom is 0.434 e. The average molecular weight is 439 g/mol. The van der Waals surface area contributed by atoms with E-state index in [1.165, 1.54) is 18.4 Å². The van der Waals surface area contributed by atoms with Crippen LogP contribution in [0.15, 0.2) is 30.5 Å². The number of hydrogen-bond donors (Lipinski definition) is 1. The number of carbonyl (C=O) groups is 1. The Bertz CT molecular complexity index is 1080. The van der Waals surface area contributed by atoms with Gasteiger partial charge < -0.3 is 9.88 Å². The Balaban J connectivity index is 1.59. The van der Waals surface area contributed by atoms with Crippen LogP contribution < -0.4 is 5.32 Å². The van der Waals surface area contributed by atoms with Gasteiger partial charge in [-0.1, -0.05) is 16.8 Å². The summed E-state index contributed by atoms with van der Waals surface area (Å²) in [5.41, 5.74) is 0.478. The first-order valence-electron chi connectivity index (χ1n) is 9.30. The average Bonchev–Trinajstić information content (AvgIpc) is 3.31. The second-order valence-corrected chi connectivity index (χ2v) is 7.67. The molecular formula is C19H18ClF3N6O. The normalized spacial score (nSPS) is 15.3. The molecule has 158 valence electrons. The Morgan fingerprint density at radius 2 is 1.93 bits per heavy atom. The summed E-state index contributed by atoms with van der Waals surface area (Å²) < 4.78 is 41.6. The van der Waals surface area contributed by atoms with Gasteiger partial charge in [-0.25, -0.2) is 9.67 Å². The summed E-state index contributed by atoms with van der Waals surface area (Å²) in [5.74, 6) is 0.0951. The van der Waals surface area contributed by atoms with Gasteiger partial charge in [-0.15, -0.1) is 5.10 Å². The monoisotopic (exact) mass is 438 g/mol. The van der Waals surface area contributed by atoms with Crippen molar-refractivity contribution < 1.29 is 18.0 Å². The second-order valence-electron chi connectivity index (χ2n) is 7.23. The summed E-state index contributed by atoms with van der Waals surface area (Å²) in [5, 5.41) is 11.6. The van der Waals surface area contributed by atoms with Gasteiger partial charge in [0, 0.05) is 17.1 Å². The lowest BCUT2D eigenvalue weighted by atomic mass is 10.2. The molecule has 0 bridgehead atoms. The van der Waals surface area contributed by atoms with Crippen molar-refractivity contribution in [3.63, 3.8) is 0 Å². The Morgan fingerprint density at radius 1 is 1.27 bits per heavy atom. The van der Waals surface area contributed by atoms with Crippen LogP contribution in [0.4, 0.5) is 19.0 Å². The third kappa shape index (κ3) is 3.91. The highest BCUT2D eigenvalue weighted by Gasteiger charge is 2.36. The summed E-state index contributed by atoms with van der Waals surface area (Å²) >= 11 is 5.94. The number of nitrogens with one attached hydrogen (secondary N) is 1. The van der Waals surface area contributed by atoms with E-state index in [0.29, 0.717) is 10.8 Å². The first kappa shape index (κ1) is 20.4. The zero-order chi connectivity index (χ0) is 21.6. The number of hydrogen-bond acceptors (Lipinski definition) is 4. The second kappa shape index (κ2) is 7.42. The van der Waals surface area contributed by atoms with Gasteiger partial charge in [0.15, 0.2) is 11.5 Å². The molecule has 0 unspecified atom stereocenters. The summed E-state index contributed by atoms with van der Waals surface area (Å²) in [6, 6.07) is 6.14. The molecule has 1 aromatic carbocycles. The van der Waals surface area contributed by atoms with Crippen LogP contribution in [0.5, 0.6) is 0 Å². The van der Waals surface area contributed by atoms with Gasteiger partial charge in [0.1, 0.15) is 11.9 Å². The van der Waals surface area contributed by atoms with E-state index in [0.717, 1.165) is 30.4 Å². The van der Waals surface area contributed by atoms with Gasteiger partial charge in [-0.3, -0.25) is 4.79 Å². The van der Waals surface area contributed by atoms with E-state index < -0.39 is 23.8 Å². The van der Waals surface area contributed by atoms with Crippen LogP contribution in [0.3, 0.4) is 0 Å². The highest BCUT2D eigenvalue weighted by Crippen LogP contribution is 2.43. The minimum Gasteiger partial charge on any atom is -0.322 e. The van der Waals surface area contributed by atoms with Crippen molar-refractivity contribution in [1.29, 1.82) is 0 Å². The van der Waals surface area contributed by atoms with Crippen molar-refractivity contribution in [1.82, 2.24) is 24.5 Å². The number of aromatic nitrogens is 5. The molecule has 11 heteroatoms. The van der Waals surface area contributed by atoms with Gasteiger partial charge in [-0.05, 0) is 51.0 Å². The van der Waals surface area contributed by atoms with Crippen molar-refractivity contribution in [3.05, 3.63) is 52.7 Å². The number of nitrogens with zero attached hydrogens (tertiary/aromatic N) is 5. The van der Waals surface area contributed by atoms with E-state index in [1.807, 2.05) is 0 Å². The number of benzene rings is 1.